The van der Waals surface area contributed by atoms with E-state index in [1.54, 1.807) is 0 Å². The number of hydrogen-bond acceptors (Lipinski definition) is 5. The van der Waals surface area contributed by atoms with E-state index in [4.69, 9.17) is 9.47 Å². The van der Waals surface area contributed by atoms with Gasteiger partial charge in [0.25, 0.3) is 5.56 Å². The lowest BCUT2D eigenvalue weighted by Crippen LogP contribution is -2.37. The number of nitrogens with zero attached hydrogens (tertiary/aromatic N) is 2. The van der Waals surface area contributed by atoms with Crippen LogP contribution in [-0.4, -0.2) is 59.3 Å². The maximum Gasteiger partial charge on any atom is 0.276 e. The van der Waals surface area contributed by atoms with Crippen LogP contribution >= 0.6 is 0 Å². The number of ether oxygens (including phenoxy) is 2. The van der Waals surface area contributed by atoms with Gasteiger partial charge in [0.2, 0.25) is 0 Å². The molecule has 4 aromatic rings. The fourth-order valence-corrected chi connectivity index (χ4v) is 3.84. The number of nitrogens with one attached hydrogen (secondary N) is 2. The summed E-state index contributed by atoms with van der Waals surface area (Å²) in [7, 11) is 0. The maximum atomic E-state index is 12.6. The molecule has 0 unspecified atom stereocenters. The molecule has 30 heavy (non-hydrogen) atoms. The number of benzene rings is 2. The summed E-state index contributed by atoms with van der Waals surface area (Å²) >= 11 is 0. The van der Waals surface area contributed by atoms with Crippen molar-refractivity contribution >= 4 is 21.9 Å². The summed E-state index contributed by atoms with van der Waals surface area (Å²) in [6.07, 6.45) is 0.956. The van der Waals surface area contributed by atoms with E-state index < -0.39 is 0 Å². The number of para-hydroxylation sites is 1. The number of fused-ring (bicyclic) bond motifs is 2. The third-order valence-electron chi connectivity index (χ3n) is 5.44. The van der Waals surface area contributed by atoms with Crippen LogP contribution in [0.1, 0.15) is 6.42 Å². The average Bonchev–Trinajstić information content (AvgIpc) is 3.21. The van der Waals surface area contributed by atoms with Crippen molar-refractivity contribution in [1.82, 2.24) is 19.9 Å². The Balaban J connectivity index is 1.33. The maximum absolute atomic E-state index is 12.6. The molecule has 0 spiro atoms. The zero-order valence-electron chi connectivity index (χ0n) is 16.7. The highest BCUT2D eigenvalue weighted by atomic mass is 16.5. The molecule has 1 aliphatic rings. The van der Waals surface area contributed by atoms with Crippen LogP contribution in [0.15, 0.2) is 53.3 Å². The Labute approximate surface area is 173 Å². The van der Waals surface area contributed by atoms with Gasteiger partial charge in [0.05, 0.1) is 36.5 Å². The van der Waals surface area contributed by atoms with Crippen molar-refractivity contribution in [1.29, 1.82) is 0 Å². The van der Waals surface area contributed by atoms with E-state index in [1.165, 1.54) is 0 Å². The summed E-state index contributed by atoms with van der Waals surface area (Å²) in [5, 5.41) is 1.05. The molecule has 0 aliphatic carbocycles. The Hall–Kier alpha value is -3.16. The third kappa shape index (κ3) is 3.94. The minimum absolute atomic E-state index is 0.215. The van der Waals surface area contributed by atoms with Gasteiger partial charge in [-0.05, 0) is 30.7 Å². The van der Waals surface area contributed by atoms with Crippen molar-refractivity contribution in [2.24, 2.45) is 0 Å². The first-order chi connectivity index (χ1) is 14.8. The topological polar surface area (TPSA) is 83.2 Å². The van der Waals surface area contributed by atoms with E-state index in [1.807, 2.05) is 48.5 Å². The fourth-order valence-electron chi connectivity index (χ4n) is 3.84. The molecular formula is C23H24N4O3. The van der Waals surface area contributed by atoms with Crippen LogP contribution in [0, 0.1) is 0 Å². The summed E-state index contributed by atoms with van der Waals surface area (Å²) in [5.74, 6) is 0.756. The quantitative estimate of drug-likeness (QED) is 0.482. The predicted molar refractivity (Wildman–Crippen MR) is 117 cm³/mol. The molecule has 0 radical (unpaired) electrons. The van der Waals surface area contributed by atoms with E-state index in [9.17, 15) is 4.79 Å². The standard InChI is InChI=1S/C23H24N4O3/c28-23-22(21-14-16-4-1-2-5-18(16)24-21)25-20-15-17(6-7-19(20)26-23)30-11-3-8-27-9-12-29-13-10-27/h1-2,4-7,14-15,24H,3,8-13H2,(H,26,28). The van der Waals surface area contributed by atoms with E-state index >= 15 is 0 Å². The van der Waals surface area contributed by atoms with E-state index in [-0.39, 0.29) is 5.56 Å². The van der Waals surface area contributed by atoms with Crippen LogP contribution in [0.2, 0.25) is 0 Å². The van der Waals surface area contributed by atoms with E-state index in [0.717, 1.165) is 55.9 Å². The number of morpholine rings is 1. The molecule has 3 heterocycles. The second-order valence-electron chi connectivity index (χ2n) is 7.52. The molecule has 5 rings (SSSR count). The highest BCUT2D eigenvalue weighted by Crippen LogP contribution is 2.23. The van der Waals surface area contributed by atoms with Gasteiger partial charge in [-0.3, -0.25) is 9.69 Å². The van der Waals surface area contributed by atoms with Crippen LogP contribution in [0.5, 0.6) is 5.75 Å². The van der Waals surface area contributed by atoms with Crippen LogP contribution in [-0.2, 0) is 4.74 Å². The molecule has 1 aliphatic heterocycles. The summed E-state index contributed by atoms with van der Waals surface area (Å²) in [5.41, 5.74) is 3.24. The second kappa shape index (κ2) is 8.30. The summed E-state index contributed by atoms with van der Waals surface area (Å²) in [4.78, 5) is 25.8. The lowest BCUT2D eigenvalue weighted by molar-refractivity contribution is 0.0358. The van der Waals surface area contributed by atoms with Crippen LogP contribution in [0.25, 0.3) is 33.3 Å². The van der Waals surface area contributed by atoms with Crippen molar-refractivity contribution in [3.63, 3.8) is 0 Å². The molecule has 154 valence electrons. The minimum atomic E-state index is -0.215. The molecule has 7 heteroatoms. The Kier molecular flexibility index (Phi) is 5.21. The zero-order chi connectivity index (χ0) is 20.3. The minimum Gasteiger partial charge on any atom is -0.493 e. The third-order valence-corrected chi connectivity index (χ3v) is 5.44. The molecule has 2 aromatic heterocycles. The Morgan fingerprint density at radius 3 is 2.77 bits per heavy atom. The van der Waals surface area contributed by atoms with Crippen molar-refractivity contribution in [3.05, 3.63) is 58.9 Å². The molecule has 1 saturated heterocycles. The van der Waals surface area contributed by atoms with Crippen LogP contribution < -0.4 is 10.3 Å². The first-order valence-corrected chi connectivity index (χ1v) is 10.3. The van der Waals surface area contributed by atoms with Gasteiger partial charge < -0.3 is 19.4 Å². The second-order valence-corrected chi connectivity index (χ2v) is 7.52. The van der Waals surface area contributed by atoms with Gasteiger partial charge in [0, 0.05) is 36.6 Å². The SMILES string of the molecule is O=c1[nH]c2ccc(OCCCN3CCOCC3)cc2nc1-c1cc2ccccc2[nH]1. The summed E-state index contributed by atoms with van der Waals surface area (Å²) in [6, 6.07) is 15.5. The first-order valence-electron chi connectivity index (χ1n) is 10.3. The molecule has 1 fully saturated rings. The van der Waals surface area contributed by atoms with Crippen molar-refractivity contribution < 1.29 is 9.47 Å². The van der Waals surface area contributed by atoms with Gasteiger partial charge in [0.1, 0.15) is 5.75 Å². The molecule has 0 amide bonds. The van der Waals surface area contributed by atoms with E-state index in [0.29, 0.717) is 29.0 Å². The predicted octanol–water partition coefficient (Wildman–Crippen LogP) is 3.17. The van der Waals surface area contributed by atoms with Crippen LogP contribution in [0.4, 0.5) is 0 Å². The summed E-state index contributed by atoms with van der Waals surface area (Å²) in [6.45, 7) is 5.25. The molecule has 0 atom stereocenters. The van der Waals surface area contributed by atoms with Crippen LogP contribution in [0.3, 0.4) is 0 Å². The first kappa shape index (κ1) is 18.8. The summed E-state index contributed by atoms with van der Waals surface area (Å²) < 4.78 is 11.3. The highest BCUT2D eigenvalue weighted by Gasteiger charge is 2.12. The van der Waals surface area contributed by atoms with E-state index in [2.05, 4.69) is 19.9 Å². The molecule has 7 nitrogen and oxygen atoms in total. The number of H-pyrrole nitrogens is 2. The number of rotatable bonds is 6. The number of hydrogen-bond donors (Lipinski definition) is 2. The highest BCUT2D eigenvalue weighted by molar-refractivity contribution is 5.86. The van der Waals surface area contributed by atoms with Gasteiger partial charge in [-0.25, -0.2) is 4.98 Å². The molecule has 2 aromatic carbocycles. The Morgan fingerprint density at radius 1 is 1.03 bits per heavy atom. The van der Waals surface area contributed by atoms with Crippen molar-refractivity contribution in [3.8, 4) is 17.1 Å². The van der Waals surface area contributed by atoms with Crippen molar-refractivity contribution in [2.45, 2.75) is 6.42 Å². The van der Waals surface area contributed by atoms with Gasteiger partial charge >= 0.3 is 0 Å². The molecular weight excluding hydrogens is 380 g/mol. The number of aromatic nitrogens is 3. The average molecular weight is 404 g/mol. The molecule has 0 saturated carbocycles. The Morgan fingerprint density at radius 2 is 1.90 bits per heavy atom. The number of aromatic amines is 2. The van der Waals surface area contributed by atoms with Crippen molar-refractivity contribution in [2.75, 3.05) is 39.5 Å². The molecule has 0 bridgehead atoms. The van der Waals surface area contributed by atoms with Gasteiger partial charge in [-0.15, -0.1) is 0 Å². The fraction of sp³-hybridized carbons (Fsp3) is 0.304. The molecule has 2 N–H and O–H groups in total. The zero-order valence-corrected chi connectivity index (χ0v) is 16.7. The van der Waals surface area contributed by atoms with Gasteiger partial charge in [0.15, 0.2) is 5.69 Å². The normalized spacial score (nSPS) is 15.1. The lowest BCUT2D eigenvalue weighted by atomic mass is 10.2. The monoisotopic (exact) mass is 404 g/mol. The lowest BCUT2D eigenvalue weighted by Gasteiger charge is -2.26. The largest absolute Gasteiger partial charge is 0.493 e. The smallest absolute Gasteiger partial charge is 0.276 e. The van der Waals surface area contributed by atoms with Gasteiger partial charge in [-0.2, -0.15) is 0 Å². The van der Waals surface area contributed by atoms with Gasteiger partial charge in [-0.1, -0.05) is 18.2 Å². The Bertz CT molecular complexity index is 1190.